The molecule has 0 spiro atoms. The number of amides is 2. The van der Waals surface area contributed by atoms with Crippen molar-refractivity contribution in [2.75, 3.05) is 16.0 Å². The third-order valence-electron chi connectivity index (χ3n) is 5.26. The average Bonchev–Trinajstić information content (AvgIpc) is 3.21. The molecule has 1 aliphatic rings. The summed E-state index contributed by atoms with van der Waals surface area (Å²) in [4.78, 5) is 28.6. The third-order valence-corrected chi connectivity index (χ3v) is 6.69. The van der Waals surface area contributed by atoms with Crippen molar-refractivity contribution in [2.24, 2.45) is 5.73 Å². The van der Waals surface area contributed by atoms with Crippen LogP contribution in [0.25, 0.3) is 0 Å². The van der Waals surface area contributed by atoms with E-state index in [1.165, 1.54) is 11.8 Å². The number of fused-ring (bicyclic) bond motifs is 1. The van der Waals surface area contributed by atoms with E-state index in [1.807, 2.05) is 39.0 Å². The van der Waals surface area contributed by atoms with Gasteiger partial charge in [0.1, 0.15) is 5.76 Å². The van der Waals surface area contributed by atoms with Crippen LogP contribution in [0.3, 0.4) is 0 Å². The summed E-state index contributed by atoms with van der Waals surface area (Å²) >= 11 is 7.50. The Balaban J connectivity index is 1.63. The van der Waals surface area contributed by atoms with E-state index in [0.717, 1.165) is 10.5 Å². The molecule has 0 radical (unpaired) electrons. The first-order chi connectivity index (χ1) is 15.6. The summed E-state index contributed by atoms with van der Waals surface area (Å²) in [5.74, 6) is 0.933. The maximum Gasteiger partial charge on any atom is 0.256 e. The van der Waals surface area contributed by atoms with E-state index >= 15 is 0 Å². The Kier molecular flexibility index (Phi) is 6.52. The fourth-order valence-corrected chi connectivity index (χ4v) is 4.48. The van der Waals surface area contributed by atoms with E-state index < -0.39 is 6.04 Å². The van der Waals surface area contributed by atoms with E-state index in [4.69, 9.17) is 21.9 Å². The van der Waals surface area contributed by atoms with Crippen LogP contribution in [0, 0.1) is 0 Å². The van der Waals surface area contributed by atoms with Gasteiger partial charge in [-0.15, -0.1) is 11.8 Å². The minimum absolute atomic E-state index is 0.194. The highest BCUT2D eigenvalue weighted by molar-refractivity contribution is 7.99. The molecule has 2 heterocycles. The summed E-state index contributed by atoms with van der Waals surface area (Å²) in [6.07, 6.45) is 0. The fourth-order valence-electron chi connectivity index (χ4n) is 3.37. The summed E-state index contributed by atoms with van der Waals surface area (Å²) in [5.41, 5.74) is 7.87. The number of nitrogens with two attached hydrogens (primary N) is 1. The van der Waals surface area contributed by atoms with Gasteiger partial charge in [0.25, 0.3) is 5.91 Å². The van der Waals surface area contributed by atoms with Gasteiger partial charge in [-0.1, -0.05) is 49.7 Å². The minimum atomic E-state index is -0.641. The molecule has 3 N–H and O–H groups in total. The molecule has 4 rings (SSSR count). The first-order valence-corrected chi connectivity index (χ1v) is 11.8. The van der Waals surface area contributed by atoms with E-state index in [0.29, 0.717) is 40.1 Å². The molecule has 0 unspecified atom stereocenters. The third kappa shape index (κ3) is 5.24. The number of nitrogens with one attached hydrogen (secondary N) is 1. The Labute approximate surface area is 201 Å². The average molecular weight is 485 g/mol. The number of carbonyl (C=O) groups is 2. The minimum Gasteiger partial charge on any atom is -0.359 e. The predicted molar refractivity (Wildman–Crippen MR) is 131 cm³/mol. The standard InChI is InChI=1S/C24H25ClN4O3S/c1-24(2,3)20-11-21(28-32-20)27-22(30)15-6-9-19-18(10-15)29(23(31)17(26)13-33-19)12-14-4-7-16(25)8-5-14/h4-11,17H,12-13,26H2,1-3H3,(H,27,28,30)/t17-/m0/s1. The Hall–Kier alpha value is -2.81. The molecule has 3 aromatic rings. The van der Waals surface area contributed by atoms with Gasteiger partial charge in [0.2, 0.25) is 5.91 Å². The molecule has 172 valence electrons. The summed E-state index contributed by atoms with van der Waals surface area (Å²) in [6, 6.07) is 13.7. The van der Waals surface area contributed by atoms with Gasteiger partial charge < -0.3 is 20.5 Å². The fraction of sp³-hybridized carbons (Fsp3) is 0.292. The van der Waals surface area contributed by atoms with Crippen molar-refractivity contribution < 1.29 is 14.1 Å². The van der Waals surface area contributed by atoms with Crippen LogP contribution >= 0.6 is 23.4 Å². The molecular formula is C24H25ClN4O3S. The molecule has 0 saturated heterocycles. The Morgan fingerprint density at radius 1 is 1.24 bits per heavy atom. The summed E-state index contributed by atoms with van der Waals surface area (Å²) in [6.45, 7) is 6.32. The topological polar surface area (TPSA) is 101 Å². The monoisotopic (exact) mass is 484 g/mol. The van der Waals surface area contributed by atoms with Crippen molar-refractivity contribution in [2.45, 2.75) is 43.7 Å². The first-order valence-electron chi connectivity index (χ1n) is 10.5. The van der Waals surface area contributed by atoms with Crippen LogP contribution < -0.4 is 16.0 Å². The van der Waals surface area contributed by atoms with Gasteiger partial charge >= 0.3 is 0 Å². The molecule has 0 aliphatic carbocycles. The first kappa shape index (κ1) is 23.4. The number of nitrogens with zero attached hydrogens (tertiary/aromatic N) is 2. The van der Waals surface area contributed by atoms with Gasteiger partial charge in [-0.05, 0) is 35.9 Å². The molecule has 1 atom stereocenters. The van der Waals surface area contributed by atoms with Crippen molar-refractivity contribution in [1.29, 1.82) is 0 Å². The molecule has 7 nitrogen and oxygen atoms in total. The van der Waals surface area contributed by atoms with Crippen LogP contribution in [0.2, 0.25) is 5.02 Å². The second-order valence-corrected chi connectivity index (χ2v) is 10.4. The van der Waals surface area contributed by atoms with Crippen molar-refractivity contribution in [3.8, 4) is 0 Å². The number of thioether (sulfide) groups is 1. The van der Waals surface area contributed by atoms with Crippen LogP contribution in [-0.4, -0.2) is 28.8 Å². The molecule has 2 aromatic carbocycles. The molecule has 1 aliphatic heterocycles. The molecule has 0 fully saturated rings. The van der Waals surface area contributed by atoms with Crippen molar-refractivity contribution in [3.63, 3.8) is 0 Å². The molecule has 1 aromatic heterocycles. The number of benzene rings is 2. The van der Waals surface area contributed by atoms with Gasteiger partial charge in [0, 0.05) is 32.7 Å². The second-order valence-electron chi connectivity index (χ2n) is 8.93. The van der Waals surface area contributed by atoms with E-state index in [9.17, 15) is 9.59 Å². The van der Waals surface area contributed by atoms with Gasteiger partial charge in [-0.25, -0.2) is 0 Å². The molecule has 33 heavy (non-hydrogen) atoms. The van der Waals surface area contributed by atoms with E-state index in [2.05, 4.69) is 10.5 Å². The maximum absolute atomic E-state index is 13.1. The molecule has 2 amide bonds. The summed E-state index contributed by atoms with van der Waals surface area (Å²) in [5, 5.41) is 7.34. The largest absolute Gasteiger partial charge is 0.359 e. The summed E-state index contributed by atoms with van der Waals surface area (Å²) in [7, 11) is 0. The number of carbonyl (C=O) groups excluding carboxylic acids is 2. The highest BCUT2D eigenvalue weighted by atomic mass is 35.5. The van der Waals surface area contributed by atoms with Gasteiger partial charge in [-0.2, -0.15) is 0 Å². The van der Waals surface area contributed by atoms with Crippen LogP contribution in [0.15, 0.2) is 57.9 Å². The lowest BCUT2D eigenvalue weighted by Crippen LogP contribution is -2.44. The normalized spacial score (nSPS) is 16.3. The SMILES string of the molecule is CC(C)(C)c1cc(NC(=O)c2ccc3c(c2)N(Cc2ccc(Cl)cc2)C(=O)[C@@H](N)CS3)no1. The lowest BCUT2D eigenvalue weighted by molar-refractivity contribution is -0.119. The van der Waals surface area contributed by atoms with Crippen molar-refractivity contribution >= 4 is 46.7 Å². The Morgan fingerprint density at radius 2 is 1.97 bits per heavy atom. The van der Waals surface area contributed by atoms with Crippen LogP contribution in [0.4, 0.5) is 11.5 Å². The zero-order chi connectivity index (χ0) is 23.8. The van der Waals surface area contributed by atoms with E-state index in [-0.39, 0.29) is 17.2 Å². The lowest BCUT2D eigenvalue weighted by atomic mass is 9.93. The lowest BCUT2D eigenvalue weighted by Gasteiger charge is -2.25. The van der Waals surface area contributed by atoms with Gasteiger partial charge in [0.05, 0.1) is 18.3 Å². The highest BCUT2D eigenvalue weighted by Crippen LogP contribution is 2.36. The number of halogens is 1. The summed E-state index contributed by atoms with van der Waals surface area (Å²) < 4.78 is 5.35. The molecule has 0 saturated carbocycles. The number of anilines is 2. The zero-order valence-corrected chi connectivity index (χ0v) is 20.2. The highest BCUT2D eigenvalue weighted by Gasteiger charge is 2.29. The number of hydrogen-bond acceptors (Lipinski definition) is 6. The van der Waals surface area contributed by atoms with Gasteiger partial charge in [-0.3, -0.25) is 9.59 Å². The number of aromatic nitrogens is 1. The Bertz CT molecular complexity index is 1190. The predicted octanol–water partition coefficient (Wildman–Crippen LogP) is 4.84. The van der Waals surface area contributed by atoms with Gasteiger partial charge in [0.15, 0.2) is 5.82 Å². The van der Waals surface area contributed by atoms with Crippen LogP contribution in [0.5, 0.6) is 0 Å². The molecule has 0 bridgehead atoms. The smallest absolute Gasteiger partial charge is 0.256 e. The van der Waals surface area contributed by atoms with Crippen molar-refractivity contribution in [1.82, 2.24) is 5.16 Å². The van der Waals surface area contributed by atoms with Crippen LogP contribution in [-0.2, 0) is 16.8 Å². The number of rotatable bonds is 4. The maximum atomic E-state index is 13.1. The second kappa shape index (κ2) is 9.21. The van der Waals surface area contributed by atoms with Crippen LogP contribution in [0.1, 0.15) is 42.5 Å². The Morgan fingerprint density at radius 3 is 2.64 bits per heavy atom. The van der Waals surface area contributed by atoms with E-state index in [1.54, 1.807) is 35.2 Å². The molecule has 9 heteroatoms. The zero-order valence-electron chi connectivity index (χ0n) is 18.6. The number of hydrogen-bond donors (Lipinski definition) is 2. The quantitative estimate of drug-likeness (QED) is 0.549. The van der Waals surface area contributed by atoms with Crippen molar-refractivity contribution in [3.05, 3.63) is 70.4 Å². The molecular weight excluding hydrogens is 460 g/mol.